The summed E-state index contributed by atoms with van der Waals surface area (Å²) in [6, 6.07) is 8.54. The number of carbonyl (C=O) groups is 1. The number of halogens is 1. The summed E-state index contributed by atoms with van der Waals surface area (Å²) in [6.07, 6.45) is 3.80. The number of nitrogens with zero attached hydrogens (tertiary/aromatic N) is 1. The van der Waals surface area contributed by atoms with Crippen LogP contribution in [0.15, 0.2) is 24.3 Å². The fourth-order valence-electron chi connectivity index (χ4n) is 4.15. The topological polar surface area (TPSA) is 41.6 Å². The van der Waals surface area contributed by atoms with Gasteiger partial charge in [-0.05, 0) is 57.7 Å². The molecule has 1 N–H and O–H groups in total. The van der Waals surface area contributed by atoms with Gasteiger partial charge in [-0.25, -0.2) is 0 Å². The second kappa shape index (κ2) is 9.02. The molecule has 2 heterocycles. The molecule has 3 rings (SSSR count). The average molecular weight is 367 g/mol. The Morgan fingerprint density at radius 3 is 2.36 bits per heavy atom. The SMILES string of the molecule is CNCC1CCN(C(=O)C2(c3ccc(C)cc3)CCOCC2)CC1.Cl. The van der Waals surface area contributed by atoms with E-state index in [0.717, 1.165) is 45.3 Å². The maximum absolute atomic E-state index is 13.5. The average Bonchev–Trinajstić information content (AvgIpc) is 2.63. The number of carbonyl (C=O) groups excluding carboxylic acids is 1. The molecule has 0 atom stereocenters. The van der Waals surface area contributed by atoms with E-state index < -0.39 is 0 Å². The third-order valence-corrected chi connectivity index (χ3v) is 5.75. The molecule has 25 heavy (non-hydrogen) atoms. The van der Waals surface area contributed by atoms with Crippen molar-refractivity contribution < 1.29 is 9.53 Å². The van der Waals surface area contributed by atoms with Crippen molar-refractivity contribution in [2.24, 2.45) is 5.92 Å². The second-order valence-corrected chi connectivity index (χ2v) is 7.35. The van der Waals surface area contributed by atoms with Crippen molar-refractivity contribution in [1.29, 1.82) is 0 Å². The van der Waals surface area contributed by atoms with E-state index in [1.807, 2.05) is 7.05 Å². The highest BCUT2D eigenvalue weighted by molar-refractivity contribution is 5.88. The molecule has 2 aliphatic heterocycles. The van der Waals surface area contributed by atoms with Crippen molar-refractivity contribution in [3.8, 4) is 0 Å². The van der Waals surface area contributed by atoms with Crippen LogP contribution in [0.25, 0.3) is 0 Å². The molecule has 5 heteroatoms. The van der Waals surface area contributed by atoms with Crippen molar-refractivity contribution in [3.05, 3.63) is 35.4 Å². The molecule has 2 fully saturated rings. The Morgan fingerprint density at radius 2 is 1.80 bits per heavy atom. The number of rotatable bonds is 4. The van der Waals surface area contributed by atoms with Crippen molar-refractivity contribution in [2.45, 2.75) is 38.0 Å². The number of hydrogen-bond acceptors (Lipinski definition) is 3. The molecule has 0 aliphatic carbocycles. The molecule has 1 amide bonds. The first-order valence-electron chi connectivity index (χ1n) is 9.24. The van der Waals surface area contributed by atoms with Gasteiger partial charge in [0.05, 0.1) is 5.41 Å². The Morgan fingerprint density at radius 1 is 1.20 bits per heavy atom. The summed E-state index contributed by atoms with van der Waals surface area (Å²) in [6.45, 7) is 6.28. The third-order valence-electron chi connectivity index (χ3n) is 5.75. The molecule has 140 valence electrons. The standard InChI is InChI=1S/C20H30N2O2.ClH/c1-16-3-5-18(6-4-16)20(9-13-24-14-10-20)19(23)22-11-7-17(8-12-22)15-21-2;/h3-6,17,21H,7-15H2,1-2H3;1H. The largest absolute Gasteiger partial charge is 0.381 e. The summed E-state index contributed by atoms with van der Waals surface area (Å²) in [7, 11) is 2.01. The van der Waals surface area contributed by atoms with Gasteiger partial charge in [0.25, 0.3) is 0 Å². The number of hydrogen-bond donors (Lipinski definition) is 1. The quantitative estimate of drug-likeness (QED) is 0.890. The number of nitrogens with one attached hydrogen (secondary N) is 1. The van der Waals surface area contributed by atoms with Crippen LogP contribution in [-0.2, 0) is 14.9 Å². The van der Waals surface area contributed by atoms with Crippen LogP contribution in [0, 0.1) is 12.8 Å². The second-order valence-electron chi connectivity index (χ2n) is 7.35. The van der Waals surface area contributed by atoms with Crippen LogP contribution in [0.4, 0.5) is 0 Å². The smallest absolute Gasteiger partial charge is 0.233 e. The molecule has 2 aliphatic rings. The van der Waals surface area contributed by atoms with Crippen LogP contribution in [0.5, 0.6) is 0 Å². The molecule has 0 bridgehead atoms. The Hall–Kier alpha value is -1.10. The predicted octanol–water partition coefficient (Wildman–Crippen LogP) is 2.92. The van der Waals surface area contributed by atoms with Crippen molar-refractivity contribution in [2.75, 3.05) is 39.9 Å². The van der Waals surface area contributed by atoms with Gasteiger partial charge in [0.2, 0.25) is 5.91 Å². The summed E-state index contributed by atoms with van der Waals surface area (Å²) in [5, 5.41) is 3.26. The van der Waals surface area contributed by atoms with Crippen LogP contribution in [0.1, 0.15) is 36.8 Å². The molecule has 4 nitrogen and oxygen atoms in total. The van der Waals surface area contributed by atoms with Crippen molar-refractivity contribution in [3.63, 3.8) is 0 Å². The van der Waals surface area contributed by atoms with E-state index in [1.54, 1.807) is 0 Å². The van der Waals surface area contributed by atoms with Gasteiger partial charge in [0, 0.05) is 26.3 Å². The summed E-state index contributed by atoms with van der Waals surface area (Å²) >= 11 is 0. The number of benzene rings is 1. The Balaban J connectivity index is 0.00000225. The Kier molecular flexibility index (Phi) is 7.29. The van der Waals surface area contributed by atoms with E-state index in [9.17, 15) is 4.79 Å². The minimum absolute atomic E-state index is 0. The number of likely N-dealkylation sites (tertiary alicyclic amines) is 1. The molecule has 1 aromatic rings. The first-order chi connectivity index (χ1) is 11.7. The molecule has 0 unspecified atom stereocenters. The molecule has 2 saturated heterocycles. The molecular weight excluding hydrogens is 336 g/mol. The van der Waals surface area contributed by atoms with Gasteiger partial charge in [0.1, 0.15) is 0 Å². The van der Waals surface area contributed by atoms with Crippen LogP contribution in [-0.4, -0.2) is 50.7 Å². The van der Waals surface area contributed by atoms with Gasteiger partial charge in [-0.15, -0.1) is 12.4 Å². The van der Waals surface area contributed by atoms with Gasteiger partial charge < -0.3 is 15.0 Å². The Bertz CT molecular complexity index is 547. The van der Waals surface area contributed by atoms with E-state index in [1.165, 1.54) is 11.1 Å². The zero-order valence-electron chi connectivity index (χ0n) is 15.4. The number of piperidine rings is 1. The van der Waals surface area contributed by atoms with Gasteiger partial charge in [-0.1, -0.05) is 29.8 Å². The van der Waals surface area contributed by atoms with Gasteiger partial charge in [-0.2, -0.15) is 0 Å². The normalized spacial score (nSPS) is 20.8. The van der Waals surface area contributed by atoms with E-state index in [0.29, 0.717) is 25.0 Å². The van der Waals surface area contributed by atoms with Gasteiger partial charge in [-0.3, -0.25) is 4.79 Å². The molecule has 0 saturated carbocycles. The van der Waals surface area contributed by atoms with Crippen LogP contribution in [0.3, 0.4) is 0 Å². The van der Waals surface area contributed by atoms with E-state index in [2.05, 4.69) is 41.4 Å². The summed E-state index contributed by atoms with van der Waals surface area (Å²) < 4.78 is 5.58. The molecule has 0 aromatic heterocycles. The van der Waals surface area contributed by atoms with Crippen LogP contribution < -0.4 is 5.32 Å². The highest BCUT2D eigenvalue weighted by atomic mass is 35.5. The summed E-state index contributed by atoms with van der Waals surface area (Å²) in [4.78, 5) is 15.6. The maximum atomic E-state index is 13.5. The lowest BCUT2D eigenvalue weighted by atomic mass is 9.72. The van der Waals surface area contributed by atoms with Gasteiger partial charge in [0.15, 0.2) is 0 Å². The van der Waals surface area contributed by atoms with E-state index in [4.69, 9.17) is 4.74 Å². The maximum Gasteiger partial charge on any atom is 0.233 e. The molecular formula is C20H31ClN2O2. The lowest BCUT2D eigenvalue weighted by molar-refractivity contribution is -0.142. The monoisotopic (exact) mass is 366 g/mol. The zero-order valence-corrected chi connectivity index (χ0v) is 16.2. The van der Waals surface area contributed by atoms with Crippen molar-refractivity contribution in [1.82, 2.24) is 10.2 Å². The molecule has 0 spiro atoms. The zero-order chi connectivity index (χ0) is 17.0. The number of ether oxygens (including phenoxy) is 1. The summed E-state index contributed by atoms with van der Waals surface area (Å²) in [5.74, 6) is 1.02. The lowest BCUT2D eigenvalue weighted by Gasteiger charge is -2.42. The first-order valence-corrected chi connectivity index (χ1v) is 9.24. The minimum atomic E-state index is -0.387. The minimum Gasteiger partial charge on any atom is -0.381 e. The van der Waals surface area contributed by atoms with E-state index in [-0.39, 0.29) is 17.8 Å². The number of aryl methyl sites for hydroxylation is 1. The Labute approximate surface area is 157 Å². The first kappa shape index (κ1) is 20.2. The van der Waals surface area contributed by atoms with E-state index >= 15 is 0 Å². The van der Waals surface area contributed by atoms with Crippen molar-refractivity contribution >= 4 is 18.3 Å². The number of amides is 1. The molecule has 1 aromatic carbocycles. The van der Waals surface area contributed by atoms with Crippen LogP contribution >= 0.6 is 12.4 Å². The lowest BCUT2D eigenvalue weighted by Crippen LogP contribution is -2.52. The highest BCUT2D eigenvalue weighted by Crippen LogP contribution is 2.38. The third kappa shape index (κ3) is 4.36. The fourth-order valence-corrected chi connectivity index (χ4v) is 4.15. The van der Waals surface area contributed by atoms with Crippen LogP contribution in [0.2, 0.25) is 0 Å². The predicted molar refractivity (Wildman–Crippen MR) is 103 cm³/mol. The fraction of sp³-hybridized carbons (Fsp3) is 0.650. The highest BCUT2D eigenvalue weighted by Gasteiger charge is 2.44. The van der Waals surface area contributed by atoms with Gasteiger partial charge >= 0.3 is 0 Å². The molecule has 0 radical (unpaired) electrons. The summed E-state index contributed by atoms with van der Waals surface area (Å²) in [5.41, 5.74) is 2.02.